The van der Waals surface area contributed by atoms with Gasteiger partial charge < -0.3 is 15.0 Å². The van der Waals surface area contributed by atoms with Crippen LogP contribution in [0.4, 0.5) is 5.82 Å². The van der Waals surface area contributed by atoms with Crippen LogP contribution >= 0.6 is 0 Å². The zero-order valence-corrected chi connectivity index (χ0v) is 13.7. The minimum absolute atomic E-state index is 0.0927. The van der Waals surface area contributed by atoms with E-state index in [1.807, 2.05) is 12.4 Å². The molecule has 2 rings (SSSR count). The average Bonchev–Trinajstić information content (AvgIpc) is 2.46. The summed E-state index contributed by atoms with van der Waals surface area (Å²) in [4.78, 5) is 11.1. The Hall–Kier alpha value is -1.20. The maximum Gasteiger partial charge on any atom is 0.146 e. The van der Waals surface area contributed by atoms with E-state index >= 15 is 0 Å². The summed E-state index contributed by atoms with van der Waals surface area (Å²) in [6.45, 7) is 8.95. The maximum absolute atomic E-state index is 5.77. The van der Waals surface area contributed by atoms with Crippen molar-refractivity contribution in [1.29, 1.82) is 0 Å². The first-order valence-electron chi connectivity index (χ1n) is 7.83. The Morgan fingerprint density at radius 1 is 1.29 bits per heavy atom. The van der Waals surface area contributed by atoms with E-state index < -0.39 is 0 Å². The van der Waals surface area contributed by atoms with Crippen molar-refractivity contribution >= 4 is 5.82 Å². The second kappa shape index (κ2) is 7.18. The highest BCUT2D eigenvalue weighted by molar-refractivity contribution is 5.34. The van der Waals surface area contributed by atoms with Gasteiger partial charge in [-0.25, -0.2) is 4.98 Å². The molecule has 1 fully saturated rings. The van der Waals surface area contributed by atoms with Crippen LogP contribution in [0.5, 0.6) is 0 Å². The number of nitrogens with zero attached hydrogens (tertiary/aromatic N) is 3. The average molecular weight is 292 g/mol. The summed E-state index contributed by atoms with van der Waals surface area (Å²) < 4.78 is 5.77. The zero-order chi connectivity index (χ0) is 15.3. The summed E-state index contributed by atoms with van der Waals surface area (Å²) in [6.07, 6.45) is 7.63. The second-order valence-electron chi connectivity index (χ2n) is 6.84. The van der Waals surface area contributed by atoms with E-state index in [4.69, 9.17) is 4.74 Å². The predicted octanol–water partition coefficient (Wildman–Crippen LogP) is 2.37. The molecule has 0 aromatic carbocycles. The van der Waals surface area contributed by atoms with Crippen molar-refractivity contribution in [1.82, 2.24) is 15.3 Å². The summed E-state index contributed by atoms with van der Waals surface area (Å²) >= 11 is 0. The van der Waals surface area contributed by atoms with Crippen LogP contribution in [0.3, 0.4) is 0 Å². The van der Waals surface area contributed by atoms with Gasteiger partial charge in [-0.3, -0.25) is 4.98 Å². The third-order valence-electron chi connectivity index (χ3n) is 3.63. The standard InChI is InChI=1S/C16H28N4O/c1-16(2,3)19-10-13-9-18-15(11-17-13)20(4)12-14-7-5-6-8-21-14/h9,11,14,19H,5-8,10,12H2,1-4H3. The molecule has 2 heterocycles. The van der Waals surface area contributed by atoms with Gasteiger partial charge in [0.05, 0.1) is 24.2 Å². The van der Waals surface area contributed by atoms with Gasteiger partial charge in [-0.05, 0) is 40.0 Å². The van der Waals surface area contributed by atoms with Crippen LogP contribution in [0.15, 0.2) is 12.4 Å². The van der Waals surface area contributed by atoms with E-state index in [0.717, 1.165) is 37.6 Å². The van der Waals surface area contributed by atoms with Gasteiger partial charge in [0, 0.05) is 32.3 Å². The Bertz CT molecular complexity index is 421. The van der Waals surface area contributed by atoms with E-state index in [1.165, 1.54) is 12.8 Å². The SMILES string of the molecule is CN(CC1CCCCO1)c1cnc(CNC(C)(C)C)cn1. The van der Waals surface area contributed by atoms with E-state index in [2.05, 4.69) is 48.0 Å². The number of hydrogen-bond donors (Lipinski definition) is 1. The molecule has 0 radical (unpaired) electrons. The highest BCUT2D eigenvalue weighted by Crippen LogP contribution is 2.16. The molecular weight excluding hydrogens is 264 g/mol. The molecule has 5 heteroatoms. The molecule has 0 aliphatic carbocycles. The number of rotatable bonds is 5. The Kier molecular flexibility index (Phi) is 5.53. The Morgan fingerprint density at radius 3 is 2.67 bits per heavy atom. The smallest absolute Gasteiger partial charge is 0.146 e. The normalized spacial score (nSPS) is 19.5. The fraction of sp³-hybridized carbons (Fsp3) is 0.750. The van der Waals surface area contributed by atoms with Crippen LogP contribution in [0.1, 0.15) is 45.7 Å². The van der Waals surface area contributed by atoms with Gasteiger partial charge in [0.25, 0.3) is 0 Å². The summed E-state index contributed by atoms with van der Waals surface area (Å²) in [6, 6.07) is 0. The Labute approximate surface area is 128 Å². The van der Waals surface area contributed by atoms with E-state index in [-0.39, 0.29) is 5.54 Å². The first kappa shape index (κ1) is 16.2. The van der Waals surface area contributed by atoms with Crippen LogP contribution in [0.25, 0.3) is 0 Å². The van der Waals surface area contributed by atoms with E-state index in [9.17, 15) is 0 Å². The van der Waals surface area contributed by atoms with Crippen molar-refractivity contribution in [3.05, 3.63) is 18.1 Å². The van der Waals surface area contributed by atoms with Gasteiger partial charge in [-0.2, -0.15) is 0 Å². The van der Waals surface area contributed by atoms with E-state index in [1.54, 1.807) is 0 Å². The molecule has 0 amide bonds. The largest absolute Gasteiger partial charge is 0.376 e. The van der Waals surface area contributed by atoms with Crippen molar-refractivity contribution in [2.75, 3.05) is 25.1 Å². The van der Waals surface area contributed by atoms with Crippen LogP contribution in [0, 0.1) is 0 Å². The second-order valence-corrected chi connectivity index (χ2v) is 6.84. The number of hydrogen-bond acceptors (Lipinski definition) is 5. The number of likely N-dealkylation sites (N-methyl/N-ethyl adjacent to an activating group) is 1. The minimum Gasteiger partial charge on any atom is -0.376 e. The topological polar surface area (TPSA) is 50.3 Å². The van der Waals surface area contributed by atoms with Gasteiger partial charge in [0.1, 0.15) is 5.82 Å². The molecule has 1 aliphatic heterocycles. The van der Waals surface area contributed by atoms with Crippen LogP contribution < -0.4 is 10.2 Å². The number of anilines is 1. The predicted molar refractivity (Wildman–Crippen MR) is 85.5 cm³/mol. The molecule has 1 N–H and O–H groups in total. The lowest BCUT2D eigenvalue weighted by molar-refractivity contribution is 0.0215. The third-order valence-corrected chi connectivity index (χ3v) is 3.63. The molecule has 0 saturated carbocycles. The van der Waals surface area contributed by atoms with Crippen LogP contribution in [0.2, 0.25) is 0 Å². The maximum atomic E-state index is 5.77. The summed E-state index contributed by atoms with van der Waals surface area (Å²) in [7, 11) is 2.05. The quantitative estimate of drug-likeness (QED) is 0.903. The molecule has 1 atom stereocenters. The first-order valence-corrected chi connectivity index (χ1v) is 7.83. The molecule has 0 spiro atoms. The van der Waals surface area contributed by atoms with Crippen molar-refractivity contribution in [2.24, 2.45) is 0 Å². The fourth-order valence-corrected chi connectivity index (χ4v) is 2.34. The van der Waals surface area contributed by atoms with Crippen molar-refractivity contribution in [3.8, 4) is 0 Å². The van der Waals surface area contributed by atoms with Gasteiger partial charge in [0.15, 0.2) is 0 Å². The fourth-order valence-electron chi connectivity index (χ4n) is 2.34. The Morgan fingerprint density at radius 2 is 2.10 bits per heavy atom. The van der Waals surface area contributed by atoms with Crippen molar-refractivity contribution in [2.45, 2.75) is 58.2 Å². The summed E-state index contributed by atoms with van der Waals surface area (Å²) in [5.41, 5.74) is 1.06. The van der Waals surface area contributed by atoms with Gasteiger partial charge >= 0.3 is 0 Å². The molecule has 1 unspecified atom stereocenters. The van der Waals surface area contributed by atoms with E-state index in [0.29, 0.717) is 6.10 Å². The van der Waals surface area contributed by atoms with Crippen molar-refractivity contribution in [3.63, 3.8) is 0 Å². The van der Waals surface area contributed by atoms with Gasteiger partial charge in [-0.1, -0.05) is 0 Å². The van der Waals surface area contributed by atoms with Crippen LogP contribution in [-0.2, 0) is 11.3 Å². The van der Waals surface area contributed by atoms with Crippen molar-refractivity contribution < 1.29 is 4.74 Å². The first-order chi connectivity index (χ1) is 9.94. The number of nitrogens with one attached hydrogen (secondary N) is 1. The molecule has 1 saturated heterocycles. The lowest BCUT2D eigenvalue weighted by atomic mass is 10.1. The molecule has 21 heavy (non-hydrogen) atoms. The molecule has 0 bridgehead atoms. The molecule has 1 aromatic heterocycles. The monoisotopic (exact) mass is 292 g/mol. The lowest BCUT2D eigenvalue weighted by Gasteiger charge is -2.28. The highest BCUT2D eigenvalue weighted by Gasteiger charge is 2.17. The number of ether oxygens (including phenoxy) is 1. The van der Waals surface area contributed by atoms with Crippen LogP contribution in [-0.4, -0.2) is 41.8 Å². The lowest BCUT2D eigenvalue weighted by Crippen LogP contribution is -2.35. The number of aromatic nitrogens is 2. The Balaban J connectivity index is 1.85. The third kappa shape index (κ3) is 5.59. The minimum atomic E-state index is 0.0927. The molecule has 118 valence electrons. The molecule has 5 nitrogen and oxygen atoms in total. The summed E-state index contributed by atoms with van der Waals surface area (Å²) in [5, 5.41) is 3.42. The highest BCUT2D eigenvalue weighted by atomic mass is 16.5. The summed E-state index contributed by atoms with van der Waals surface area (Å²) in [5.74, 6) is 0.906. The van der Waals surface area contributed by atoms with Gasteiger partial charge in [-0.15, -0.1) is 0 Å². The molecule has 1 aromatic rings. The molecular formula is C16H28N4O. The van der Waals surface area contributed by atoms with Gasteiger partial charge in [0.2, 0.25) is 0 Å². The molecule has 1 aliphatic rings. The zero-order valence-electron chi connectivity index (χ0n) is 13.7.